The average molecular weight is 350 g/mol. The van der Waals surface area contributed by atoms with Gasteiger partial charge < -0.3 is 4.52 Å². The number of nitrogens with zero attached hydrogens (tertiary/aromatic N) is 2. The van der Waals surface area contributed by atoms with Crippen molar-refractivity contribution < 1.29 is 12.9 Å². The van der Waals surface area contributed by atoms with Crippen LogP contribution in [0.4, 0.5) is 0 Å². The van der Waals surface area contributed by atoms with E-state index in [0.717, 1.165) is 5.56 Å². The van der Waals surface area contributed by atoms with Crippen LogP contribution in [0.1, 0.15) is 5.56 Å². The van der Waals surface area contributed by atoms with E-state index in [2.05, 4.69) is 10.1 Å². The fourth-order valence-electron chi connectivity index (χ4n) is 2.19. The van der Waals surface area contributed by atoms with Gasteiger partial charge in [0.15, 0.2) is 0 Å². The Kier molecular flexibility index (Phi) is 3.93. The van der Waals surface area contributed by atoms with Crippen LogP contribution in [0, 0.1) is 6.92 Å². The molecule has 8 heteroatoms. The number of benzene rings is 2. The smallest absolute Gasteiger partial charge is 0.258 e. The SMILES string of the molecule is Cc1cc(-c2nc(-c3cccc(Cl)c3)no2)ccc1S(N)(=O)=O. The molecule has 0 aliphatic rings. The quantitative estimate of drug-likeness (QED) is 0.783. The summed E-state index contributed by atoms with van der Waals surface area (Å²) >= 11 is 5.94. The maximum atomic E-state index is 11.4. The second kappa shape index (κ2) is 5.77. The normalized spacial score (nSPS) is 11.6. The van der Waals surface area contributed by atoms with Crippen LogP contribution in [0.15, 0.2) is 51.9 Å². The number of primary sulfonamides is 1. The van der Waals surface area contributed by atoms with Crippen LogP contribution in [0.5, 0.6) is 0 Å². The third kappa shape index (κ3) is 3.26. The average Bonchev–Trinajstić information content (AvgIpc) is 2.95. The maximum absolute atomic E-state index is 11.4. The van der Waals surface area contributed by atoms with Gasteiger partial charge in [0, 0.05) is 16.1 Å². The van der Waals surface area contributed by atoms with Gasteiger partial charge in [-0.2, -0.15) is 4.98 Å². The largest absolute Gasteiger partial charge is 0.334 e. The standard InChI is InChI=1S/C15H12ClN3O3S/c1-9-7-11(5-6-13(9)23(17,20)21)15-18-14(19-22-15)10-3-2-4-12(16)8-10/h2-8H,1H3,(H2,17,20,21). The van der Waals surface area contributed by atoms with Gasteiger partial charge in [0.1, 0.15) is 0 Å². The number of hydrogen-bond acceptors (Lipinski definition) is 5. The van der Waals surface area contributed by atoms with Crippen LogP contribution in [0.25, 0.3) is 22.8 Å². The van der Waals surface area contributed by atoms with E-state index in [4.69, 9.17) is 21.3 Å². The Morgan fingerprint density at radius 3 is 2.57 bits per heavy atom. The molecule has 1 aromatic heterocycles. The van der Waals surface area contributed by atoms with Crippen LogP contribution in [0.2, 0.25) is 5.02 Å². The summed E-state index contributed by atoms with van der Waals surface area (Å²) < 4.78 is 28.1. The molecule has 0 radical (unpaired) electrons. The third-order valence-corrected chi connectivity index (χ3v) is 4.54. The fraction of sp³-hybridized carbons (Fsp3) is 0.0667. The first kappa shape index (κ1) is 15.7. The number of aryl methyl sites for hydroxylation is 1. The molecule has 3 aromatic rings. The van der Waals surface area contributed by atoms with Gasteiger partial charge >= 0.3 is 0 Å². The Balaban J connectivity index is 1.99. The predicted octanol–water partition coefficient (Wildman–Crippen LogP) is 3.01. The van der Waals surface area contributed by atoms with Crippen LogP contribution in [-0.2, 0) is 10.0 Å². The first-order valence-electron chi connectivity index (χ1n) is 6.58. The third-order valence-electron chi connectivity index (χ3n) is 3.24. The lowest BCUT2D eigenvalue weighted by molar-refractivity contribution is 0.432. The number of nitrogens with two attached hydrogens (primary N) is 1. The topological polar surface area (TPSA) is 99.1 Å². The Hall–Kier alpha value is -2.22. The Morgan fingerprint density at radius 2 is 1.91 bits per heavy atom. The molecule has 0 saturated carbocycles. The van der Waals surface area contributed by atoms with Gasteiger partial charge in [0.2, 0.25) is 15.8 Å². The summed E-state index contributed by atoms with van der Waals surface area (Å²) in [6.45, 7) is 1.65. The molecule has 0 aliphatic carbocycles. The van der Waals surface area contributed by atoms with Gasteiger partial charge in [-0.15, -0.1) is 0 Å². The molecule has 118 valence electrons. The van der Waals surface area contributed by atoms with Gasteiger partial charge in [-0.3, -0.25) is 0 Å². The number of aromatic nitrogens is 2. The van der Waals surface area contributed by atoms with Gasteiger partial charge in [-0.05, 0) is 42.8 Å². The summed E-state index contributed by atoms with van der Waals surface area (Å²) in [7, 11) is -3.76. The first-order valence-corrected chi connectivity index (χ1v) is 8.50. The molecule has 1 heterocycles. The summed E-state index contributed by atoms with van der Waals surface area (Å²) in [5.74, 6) is 0.680. The summed E-state index contributed by atoms with van der Waals surface area (Å²) in [6.07, 6.45) is 0. The van der Waals surface area contributed by atoms with Crippen molar-refractivity contribution in [2.75, 3.05) is 0 Å². The lowest BCUT2D eigenvalue weighted by Gasteiger charge is -2.04. The van der Waals surface area contributed by atoms with E-state index >= 15 is 0 Å². The molecule has 0 aliphatic heterocycles. The van der Waals surface area contributed by atoms with Crippen molar-refractivity contribution in [3.63, 3.8) is 0 Å². The lowest BCUT2D eigenvalue weighted by atomic mass is 10.1. The minimum Gasteiger partial charge on any atom is -0.334 e. The summed E-state index contributed by atoms with van der Waals surface area (Å²) in [4.78, 5) is 4.37. The van der Waals surface area contributed by atoms with E-state index in [1.807, 2.05) is 6.07 Å². The first-order chi connectivity index (χ1) is 10.8. The molecule has 0 saturated heterocycles. The molecular weight excluding hydrogens is 338 g/mol. The minimum absolute atomic E-state index is 0.0656. The van der Waals surface area contributed by atoms with Crippen LogP contribution >= 0.6 is 11.6 Å². The molecule has 6 nitrogen and oxygen atoms in total. The van der Waals surface area contributed by atoms with Crippen molar-refractivity contribution in [2.45, 2.75) is 11.8 Å². The molecule has 0 unspecified atom stereocenters. The van der Waals surface area contributed by atoms with Crippen molar-refractivity contribution in [1.82, 2.24) is 10.1 Å². The van der Waals surface area contributed by atoms with E-state index in [1.165, 1.54) is 6.07 Å². The monoisotopic (exact) mass is 349 g/mol. The van der Waals surface area contributed by atoms with Gasteiger partial charge in [0.05, 0.1) is 4.90 Å². The van der Waals surface area contributed by atoms with E-state index in [9.17, 15) is 8.42 Å². The molecular formula is C15H12ClN3O3S. The molecule has 2 N–H and O–H groups in total. The molecule has 3 rings (SSSR count). The minimum atomic E-state index is -3.76. The van der Waals surface area contributed by atoms with Gasteiger partial charge in [-0.1, -0.05) is 28.9 Å². The summed E-state index contributed by atoms with van der Waals surface area (Å²) in [5, 5.41) is 9.64. The molecule has 2 aromatic carbocycles. The van der Waals surface area contributed by atoms with Crippen molar-refractivity contribution in [3.8, 4) is 22.8 Å². The number of halogens is 1. The maximum Gasteiger partial charge on any atom is 0.258 e. The van der Waals surface area contributed by atoms with Gasteiger partial charge in [0.25, 0.3) is 5.89 Å². The van der Waals surface area contributed by atoms with Crippen LogP contribution < -0.4 is 5.14 Å². The number of rotatable bonds is 3. The second-order valence-electron chi connectivity index (χ2n) is 4.96. The van der Waals surface area contributed by atoms with E-state index < -0.39 is 10.0 Å². The van der Waals surface area contributed by atoms with Crippen molar-refractivity contribution in [1.29, 1.82) is 0 Å². The molecule has 0 fully saturated rings. The number of hydrogen-bond donors (Lipinski definition) is 1. The van der Waals surface area contributed by atoms with Crippen LogP contribution in [0.3, 0.4) is 0 Å². The van der Waals surface area contributed by atoms with E-state index in [1.54, 1.807) is 37.3 Å². The zero-order valence-corrected chi connectivity index (χ0v) is 13.6. The Labute approximate surface area is 137 Å². The van der Waals surface area contributed by atoms with E-state index in [0.29, 0.717) is 22.0 Å². The van der Waals surface area contributed by atoms with Crippen molar-refractivity contribution in [2.24, 2.45) is 5.14 Å². The lowest BCUT2D eigenvalue weighted by Crippen LogP contribution is -2.13. The number of sulfonamides is 1. The zero-order valence-electron chi connectivity index (χ0n) is 12.0. The second-order valence-corrected chi connectivity index (χ2v) is 6.93. The molecule has 0 spiro atoms. The summed E-state index contributed by atoms with van der Waals surface area (Å²) in [6, 6.07) is 11.7. The van der Waals surface area contributed by atoms with E-state index in [-0.39, 0.29) is 10.8 Å². The molecule has 23 heavy (non-hydrogen) atoms. The molecule has 0 bridgehead atoms. The highest BCUT2D eigenvalue weighted by molar-refractivity contribution is 7.89. The Morgan fingerprint density at radius 1 is 1.13 bits per heavy atom. The Bertz CT molecular complexity index is 983. The van der Waals surface area contributed by atoms with Crippen molar-refractivity contribution in [3.05, 3.63) is 53.1 Å². The highest BCUT2D eigenvalue weighted by Gasteiger charge is 2.15. The fourth-order valence-corrected chi connectivity index (χ4v) is 3.14. The molecule has 0 atom stereocenters. The van der Waals surface area contributed by atoms with Gasteiger partial charge in [-0.25, -0.2) is 13.6 Å². The zero-order chi connectivity index (χ0) is 16.6. The highest BCUT2D eigenvalue weighted by atomic mass is 35.5. The molecule has 0 amide bonds. The predicted molar refractivity (Wildman–Crippen MR) is 86.3 cm³/mol. The highest BCUT2D eigenvalue weighted by Crippen LogP contribution is 2.26. The van der Waals surface area contributed by atoms with Crippen LogP contribution in [-0.4, -0.2) is 18.6 Å². The van der Waals surface area contributed by atoms with Crippen molar-refractivity contribution >= 4 is 21.6 Å². The summed E-state index contributed by atoms with van der Waals surface area (Å²) in [5.41, 5.74) is 1.84.